The maximum Gasteiger partial charge on any atom is 0.268 e. The van der Waals surface area contributed by atoms with E-state index in [9.17, 15) is 13.6 Å². The minimum Gasteiger partial charge on any atom is -0.319 e. The second-order valence-electron chi connectivity index (χ2n) is 2.86. The van der Waals surface area contributed by atoms with Crippen LogP contribution in [0, 0.1) is 11.3 Å². The number of rotatable bonds is 1. The van der Waals surface area contributed by atoms with Crippen molar-refractivity contribution in [1.29, 1.82) is 5.26 Å². The Hall–Kier alpha value is -0.890. The van der Waals surface area contributed by atoms with Crippen molar-refractivity contribution in [3.63, 3.8) is 0 Å². The molecule has 1 fully saturated rings. The van der Waals surface area contributed by atoms with Crippen LogP contribution in [0.2, 0.25) is 0 Å². The molecule has 1 atom stereocenters. The molecule has 1 rings (SSSR count). The zero-order valence-electron chi connectivity index (χ0n) is 6.64. The molecule has 1 aliphatic heterocycles. The maximum atomic E-state index is 12.7. The zero-order chi connectivity index (χ0) is 10.1. The quantitative estimate of drug-likeness (QED) is 0.603. The highest BCUT2D eigenvalue weighted by Gasteiger charge is 2.46. The van der Waals surface area contributed by atoms with Crippen molar-refractivity contribution < 1.29 is 13.6 Å². The lowest BCUT2D eigenvalue weighted by Gasteiger charge is -2.17. The number of hydrogen-bond acceptors (Lipinski definition) is 2. The standard InChI is InChI=1S/C7H7ClF2N2O/c8-2-6(13)12-4-7(9,10)1-5(12)3-11/h5H,1-2,4H2. The van der Waals surface area contributed by atoms with E-state index >= 15 is 0 Å². The third kappa shape index (κ3) is 2.07. The number of carbonyl (C=O) groups is 1. The SMILES string of the molecule is N#CC1CC(F)(F)CN1C(=O)CCl. The molecule has 1 saturated heterocycles. The number of carbonyl (C=O) groups excluding carboxylic acids is 1. The molecule has 1 aliphatic rings. The Morgan fingerprint density at radius 3 is 2.85 bits per heavy atom. The third-order valence-corrected chi connectivity index (χ3v) is 2.08. The van der Waals surface area contributed by atoms with Crippen molar-refractivity contribution in [2.24, 2.45) is 0 Å². The molecular weight excluding hydrogens is 202 g/mol. The zero-order valence-corrected chi connectivity index (χ0v) is 7.39. The first-order chi connectivity index (χ1) is 6.00. The van der Waals surface area contributed by atoms with Crippen molar-refractivity contribution in [2.45, 2.75) is 18.4 Å². The van der Waals surface area contributed by atoms with Crippen LogP contribution in [0.25, 0.3) is 0 Å². The highest BCUT2D eigenvalue weighted by atomic mass is 35.5. The van der Waals surface area contributed by atoms with E-state index in [2.05, 4.69) is 0 Å². The first kappa shape index (κ1) is 10.2. The second-order valence-corrected chi connectivity index (χ2v) is 3.13. The molecule has 3 nitrogen and oxygen atoms in total. The van der Waals surface area contributed by atoms with Gasteiger partial charge in [-0.25, -0.2) is 8.78 Å². The highest BCUT2D eigenvalue weighted by Crippen LogP contribution is 2.31. The van der Waals surface area contributed by atoms with E-state index in [0.717, 1.165) is 4.90 Å². The number of nitriles is 1. The topological polar surface area (TPSA) is 44.1 Å². The molecular formula is C7H7ClF2N2O. The molecule has 0 aromatic rings. The first-order valence-corrected chi connectivity index (χ1v) is 4.16. The van der Waals surface area contributed by atoms with Gasteiger partial charge >= 0.3 is 0 Å². The Balaban J connectivity index is 2.76. The van der Waals surface area contributed by atoms with Crippen LogP contribution in [0.1, 0.15) is 6.42 Å². The molecule has 0 aliphatic carbocycles. The number of halogens is 3. The Morgan fingerprint density at radius 2 is 2.38 bits per heavy atom. The monoisotopic (exact) mass is 208 g/mol. The van der Waals surface area contributed by atoms with Gasteiger partial charge < -0.3 is 4.90 Å². The van der Waals surface area contributed by atoms with Crippen LogP contribution in [0.15, 0.2) is 0 Å². The van der Waals surface area contributed by atoms with Crippen molar-refractivity contribution in [1.82, 2.24) is 4.90 Å². The Labute approximate surface area is 78.9 Å². The van der Waals surface area contributed by atoms with E-state index in [4.69, 9.17) is 16.9 Å². The van der Waals surface area contributed by atoms with E-state index in [0.29, 0.717) is 0 Å². The van der Waals surface area contributed by atoms with Crippen molar-refractivity contribution >= 4 is 17.5 Å². The Kier molecular flexibility index (Phi) is 2.71. The fraction of sp³-hybridized carbons (Fsp3) is 0.714. The average Bonchev–Trinajstić information content (AvgIpc) is 2.39. The summed E-state index contributed by atoms with van der Waals surface area (Å²) in [6, 6.07) is 0.611. The largest absolute Gasteiger partial charge is 0.319 e. The molecule has 0 bridgehead atoms. The summed E-state index contributed by atoms with van der Waals surface area (Å²) in [4.78, 5) is 11.8. The normalized spacial score (nSPS) is 25.7. The first-order valence-electron chi connectivity index (χ1n) is 3.63. The van der Waals surface area contributed by atoms with Gasteiger partial charge in [0.05, 0.1) is 12.6 Å². The highest BCUT2D eigenvalue weighted by molar-refractivity contribution is 6.27. The lowest BCUT2D eigenvalue weighted by Crippen LogP contribution is -2.36. The van der Waals surface area contributed by atoms with Gasteiger partial charge in [-0.3, -0.25) is 4.79 Å². The van der Waals surface area contributed by atoms with Gasteiger partial charge in [-0.2, -0.15) is 5.26 Å². The second kappa shape index (κ2) is 3.46. The van der Waals surface area contributed by atoms with Crippen LogP contribution in [-0.2, 0) is 4.79 Å². The van der Waals surface area contributed by atoms with Crippen LogP contribution in [0.4, 0.5) is 8.78 Å². The average molecular weight is 209 g/mol. The summed E-state index contributed by atoms with van der Waals surface area (Å²) in [5.74, 6) is -3.94. The predicted molar refractivity (Wildman–Crippen MR) is 41.4 cm³/mol. The van der Waals surface area contributed by atoms with Gasteiger partial charge in [-0.15, -0.1) is 11.6 Å². The van der Waals surface area contributed by atoms with Gasteiger partial charge in [-0.1, -0.05) is 0 Å². The van der Waals surface area contributed by atoms with Crippen LogP contribution in [-0.4, -0.2) is 35.2 Å². The lowest BCUT2D eigenvalue weighted by molar-refractivity contribution is -0.129. The lowest BCUT2D eigenvalue weighted by atomic mass is 10.2. The number of amides is 1. The molecule has 0 spiro atoms. The summed E-state index contributed by atoms with van der Waals surface area (Å²) in [5, 5.41) is 8.49. The summed E-state index contributed by atoms with van der Waals surface area (Å²) < 4.78 is 25.5. The molecule has 0 radical (unpaired) electrons. The number of alkyl halides is 3. The van der Waals surface area contributed by atoms with E-state index in [1.807, 2.05) is 0 Å². The summed E-state index contributed by atoms with van der Waals surface area (Å²) >= 11 is 5.20. The molecule has 13 heavy (non-hydrogen) atoms. The molecule has 72 valence electrons. The number of hydrogen-bond donors (Lipinski definition) is 0. The van der Waals surface area contributed by atoms with Gasteiger partial charge in [0.15, 0.2) is 0 Å². The van der Waals surface area contributed by atoms with Crippen molar-refractivity contribution in [3.8, 4) is 6.07 Å². The Morgan fingerprint density at radius 1 is 1.77 bits per heavy atom. The summed E-state index contributed by atoms with van der Waals surface area (Å²) in [6.07, 6.45) is -0.591. The van der Waals surface area contributed by atoms with Crippen LogP contribution in [0.5, 0.6) is 0 Å². The van der Waals surface area contributed by atoms with Gasteiger partial charge in [0.25, 0.3) is 5.92 Å². The van der Waals surface area contributed by atoms with Gasteiger partial charge in [0.2, 0.25) is 5.91 Å². The minimum absolute atomic E-state index is 0.367. The van der Waals surface area contributed by atoms with Crippen molar-refractivity contribution in [3.05, 3.63) is 0 Å². The van der Waals surface area contributed by atoms with E-state index < -0.39 is 30.8 Å². The fourth-order valence-corrected chi connectivity index (χ4v) is 1.42. The van der Waals surface area contributed by atoms with Gasteiger partial charge in [0.1, 0.15) is 11.9 Å². The van der Waals surface area contributed by atoms with E-state index in [-0.39, 0.29) is 5.88 Å². The molecule has 0 N–H and O–H groups in total. The molecule has 1 amide bonds. The van der Waals surface area contributed by atoms with Crippen LogP contribution in [0.3, 0.4) is 0 Å². The molecule has 0 aromatic carbocycles. The maximum absolute atomic E-state index is 12.7. The minimum atomic E-state index is -2.96. The smallest absolute Gasteiger partial charge is 0.268 e. The fourth-order valence-electron chi connectivity index (χ4n) is 1.27. The molecule has 6 heteroatoms. The predicted octanol–water partition coefficient (Wildman–Crippen LogP) is 0.985. The van der Waals surface area contributed by atoms with E-state index in [1.165, 1.54) is 0 Å². The van der Waals surface area contributed by atoms with Crippen LogP contribution < -0.4 is 0 Å². The van der Waals surface area contributed by atoms with E-state index in [1.54, 1.807) is 6.07 Å². The number of likely N-dealkylation sites (tertiary alicyclic amines) is 1. The molecule has 1 heterocycles. The summed E-state index contributed by atoms with van der Waals surface area (Å²) in [6.45, 7) is -0.698. The van der Waals surface area contributed by atoms with Crippen LogP contribution >= 0.6 is 11.6 Å². The molecule has 0 aromatic heterocycles. The summed E-state index contributed by atoms with van der Waals surface area (Å²) in [5.41, 5.74) is 0. The number of nitrogens with zero attached hydrogens (tertiary/aromatic N) is 2. The summed E-state index contributed by atoms with van der Waals surface area (Å²) in [7, 11) is 0. The Bertz CT molecular complexity index is 264. The van der Waals surface area contributed by atoms with Crippen molar-refractivity contribution in [2.75, 3.05) is 12.4 Å². The third-order valence-electron chi connectivity index (χ3n) is 1.85. The molecule has 0 saturated carbocycles. The van der Waals surface area contributed by atoms with Gasteiger partial charge in [0, 0.05) is 6.42 Å². The van der Waals surface area contributed by atoms with Gasteiger partial charge in [-0.05, 0) is 0 Å². The molecule has 1 unspecified atom stereocenters.